The number of likely N-dealkylation sites (N-methyl/N-ethyl adjacent to an activating group) is 1. The Kier molecular flexibility index (Phi) is 5.43. The van der Waals surface area contributed by atoms with Crippen LogP contribution in [0.3, 0.4) is 0 Å². The van der Waals surface area contributed by atoms with E-state index in [0.29, 0.717) is 10.6 Å². The summed E-state index contributed by atoms with van der Waals surface area (Å²) in [6.07, 6.45) is 0. The number of nitrogens with zero attached hydrogens (tertiary/aromatic N) is 2. The summed E-state index contributed by atoms with van der Waals surface area (Å²) in [6.45, 7) is 3.85. The lowest BCUT2D eigenvalue weighted by atomic mass is 10.1. The fourth-order valence-corrected chi connectivity index (χ4v) is 3.40. The van der Waals surface area contributed by atoms with Crippen molar-refractivity contribution in [3.63, 3.8) is 0 Å². The Labute approximate surface area is 155 Å². The number of benzene rings is 2. The van der Waals surface area contributed by atoms with Gasteiger partial charge in [-0.1, -0.05) is 23.7 Å². The summed E-state index contributed by atoms with van der Waals surface area (Å²) < 4.78 is 0.769. The number of anilines is 2. The standard InChI is InChI=1S/C18H19BrClN3O/c1-22-8-10-23(11-9-22)17-7-6-13(20)12-16(17)21-18(24)14-4-2-3-5-15(14)19/h2-7,12H,8-11H2,1H3,(H,21,24). The van der Waals surface area contributed by atoms with E-state index in [9.17, 15) is 4.79 Å². The van der Waals surface area contributed by atoms with Crippen LogP contribution in [-0.2, 0) is 0 Å². The highest BCUT2D eigenvalue weighted by Crippen LogP contribution is 2.31. The second kappa shape index (κ2) is 7.55. The molecule has 1 heterocycles. The van der Waals surface area contributed by atoms with Crippen LogP contribution in [0.4, 0.5) is 11.4 Å². The Morgan fingerprint density at radius 3 is 2.54 bits per heavy atom. The summed E-state index contributed by atoms with van der Waals surface area (Å²) in [5, 5.41) is 3.62. The molecule has 1 N–H and O–H groups in total. The first-order valence-electron chi connectivity index (χ1n) is 7.83. The zero-order chi connectivity index (χ0) is 17.1. The van der Waals surface area contributed by atoms with Gasteiger partial charge in [-0.25, -0.2) is 0 Å². The lowest BCUT2D eigenvalue weighted by molar-refractivity contribution is 0.102. The molecule has 0 bridgehead atoms. The maximum atomic E-state index is 12.6. The number of hydrogen-bond acceptors (Lipinski definition) is 3. The van der Waals surface area contributed by atoms with Gasteiger partial charge in [-0.2, -0.15) is 0 Å². The van der Waals surface area contributed by atoms with Crippen LogP contribution in [0, 0.1) is 0 Å². The first-order chi connectivity index (χ1) is 11.5. The summed E-state index contributed by atoms with van der Waals surface area (Å²) in [7, 11) is 2.12. The summed E-state index contributed by atoms with van der Waals surface area (Å²) in [5.41, 5.74) is 2.35. The number of hydrogen-bond donors (Lipinski definition) is 1. The molecule has 24 heavy (non-hydrogen) atoms. The monoisotopic (exact) mass is 407 g/mol. The largest absolute Gasteiger partial charge is 0.367 e. The molecule has 0 saturated carbocycles. The highest BCUT2D eigenvalue weighted by Gasteiger charge is 2.19. The minimum absolute atomic E-state index is 0.153. The van der Waals surface area contributed by atoms with Gasteiger partial charge in [0.15, 0.2) is 0 Å². The molecular weight excluding hydrogens is 390 g/mol. The van der Waals surface area contributed by atoms with Crippen LogP contribution in [0.1, 0.15) is 10.4 Å². The predicted octanol–water partition coefficient (Wildman–Crippen LogP) is 4.11. The number of carbonyl (C=O) groups is 1. The molecule has 0 aliphatic carbocycles. The lowest BCUT2D eigenvalue weighted by Gasteiger charge is -2.35. The third-order valence-electron chi connectivity index (χ3n) is 4.17. The summed E-state index contributed by atoms with van der Waals surface area (Å²) in [6, 6.07) is 13.0. The topological polar surface area (TPSA) is 35.6 Å². The summed E-state index contributed by atoms with van der Waals surface area (Å²) in [5.74, 6) is -0.153. The highest BCUT2D eigenvalue weighted by atomic mass is 79.9. The van der Waals surface area contributed by atoms with Gasteiger partial charge in [0.1, 0.15) is 0 Å². The molecule has 6 heteroatoms. The predicted molar refractivity (Wildman–Crippen MR) is 103 cm³/mol. The van der Waals surface area contributed by atoms with Crippen molar-refractivity contribution in [1.29, 1.82) is 0 Å². The van der Waals surface area contributed by atoms with E-state index in [1.807, 2.05) is 36.4 Å². The number of nitrogens with one attached hydrogen (secondary N) is 1. The van der Waals surface area contributed by atoms with E-state index in [0.717, 1.165) is 42.0 Å². The molecule has 1 fully saturated rings. The van der Waals surface area contributed by atoms with Crippen molar-refractivity contribution < 1.29 is 4.79 Å². The second-order valence-corrected chi connectivity index (χ2v) is 7.18. The Bertz CT molecular complexity index is 745. The maximum absolute atomic E-state index is 12.6. The number of amides is 1. The third kappa shape index (κ3) is 3.91. The van der Waals surface area contributed by atoms with Crippen LogP contribution < -0.4 is 10.2 Å². The molecule has 0 atom stereocenters. The van der Waals surface area contributed by atoms with Gasteiger partial charge in [0, 0.05) is 35.7 Å². The number of halogens is 2. The van der Waals surface area contributed by atoms with Crippen molar-refractivity contribution in [3.8, 4) is 0 Å². The van der Waals surface area contributed by atoms with Gasteiger partial charge in [-0.15, -0.1) is 0 Å². The SMILES string of the molecule is CN1CCN(c2ccc(Cl)cc2NC(=O)c2ccccc2Br)CC1. The van der Waals surface area contributed by atoms with Crippen molar-refractivity contribution in [2.45, 2.75) is 0 Å². The van der Waals surface area contributed by atoms with Gasteiger partial charge in [-0.3, -0.25) is 4.79 Å². The Morgan fingerprint density at radius 1 is 1.12 bits per heavy atom. The molecule has 3 rings (SSSR count). The Balaban J connectivity index is 1.86. The lowest BCUT2D eigenvalue weighted by Crippen LogP contribution is -2.44. The van der Waals surface area contributed by atoms with Crippen LogP contribution in [0.2, 0.25) is 5.02 Å². The van der Waals surface area contributed by atoms with Crippen molar-refractivity contribution in [2.75, 3.05) is 43.4 Å². The molecule has 0 spiro atoms. The van der Waals surface area contributed by atoms with E-state index >= 15 is 0 Å². The molecule has 0 radical (unpaired) electrons. The summed E-state index contributed by atoms with van der Waals surface area (Å²) in [4.78, 5) is 17.2. The van der Waals surface area contributed by atoms with Crippen LogP contribution in [0.15, 0.2) is 46.9 Å². The zero-order valence-electron chi connectivity index (χ0n) is 13.4. The van der Waals surface area contributed by atoms with Crippen molar-refractivity contribution in [3.05, 3.63) is 57.5 Å². The molecule has 126 valence electrons. The molecule has 1 aliphatic rings. The zero-order valence-corrected chi connectivity index (χ0v) is 15.8. The minimum atomic E-state index is -0.153. The Morgan fingerprint density at radius 2 is 1.83 bits per heavy atom. The maximum Gasteiger partial charge on any atom is 0.256 e. The normalized spacial score (nSPS) is 15.4. The third-order valence-corrected chi connectivity index (χ3v) is 5.10. The van der Waals surface area contributed by atoms with E-state index in [1.54, 1.807) is 6.07 Å². The molecule has 2 aromatic carbocycles. The Hall–Kier alpha value is -1.56. The molecule has 1 aliphatic heterocycles. The molecule has 4 nitrogen and oxygen atoms in total. The number of piperazine rings is 1. The van der Waals surface area contributed by atoms with Crippen LogP contribution in [0.25, 0.3) is 0 Å². The van der Waals surface area contributed by atoms with Gasteiger partial charge >= 0.3 is 0 Å². The number of carbonyl (C=O) groups excluding carboxylic acids is 1. The average Bonchev–Trinajstić information content (AvgIpc) is 2.56. The van der Waals surface area contributed by atoms with Gasteiger partial charge < -0.3 is 15.1 Å². The van der Waals surface area contributed by atoms with Crippen molar-refractivity contribution in [1.82, 2.24) is 4.90 Å². The molecule has 1 saturated heterocycles. The average molecular weight is 409 g/mol. The van der Waals surface area contributed by atoms with Crippen molar-refractivity contribution >= 4 is 44.8 Å². The first kappa shape index (κ1) is 17.3. The molecular formula is C18H19BrClN3O. The van der Waals surface area contributed by atoms with E-state index in [2.05, 4.69) is 38.1 Å². The summed E-state index contributed by atoms with van der Waals surface area (Å²) >= 11 is 9.58. The van der Waals surface area contributed by atoms with E-state index in [1.165, 1.54) is 0 Å². The van der Waals surface area contributed by atoms with E-state index in [-0.39, 0.29) is 5.91 Å². The smallest absolute Gasteiger partial charge is 0.256 e. The first-order valence-corrected chi connectivity index (χ1v) is 9.00. The van der Waals surface area contributed by atoms with Gasteiger partial charge in [0.05, 0.1) is 16.9 Å². The second-order valence-electron chi connectivity index (χ2n) is 5.89. The van der Waals surface area contributed by atoms with Gasteiger partial charge in [-0.05, 0) is 53.3 Å². The molecule has 1 amide bonds. The fraction of sp³-hybridized carbons (Fsp3) is 0.278. The minimum Gasteiger partial charge on any atom is -0.367 e. The van der Waals surface area contributed by atoms with Crippen LogP contribution in [-0.4, -0.2) is 44.0 Å². The quantitative estimate of drug-likeness (QED) is 0.830. The molecule has 0 unspecified atom stereocenters. The molecule has 0 aromatic heterocycles. The van der Waals surface area contributed by atoms with E-state index in [4.69, 9.17) is 11.6 Å². The van der Waals surface area contributed by atoms with Gasteiger partial charge in [0.2, 0.25) is 0 Å². The van der Waals surface area contributed by atoms with Crippen LogP contribution >= 0.6 is 27.5 Å². The molecule has 2 aromatic rings. The van der Waals surface area contributed by atoms with Gasteiger partial charge in [0.25, 0.3) is 5.91 Å². The number of rotatable bonds is 3. The van der Waals surface area contributed by atoms with E-state index < -0.39 is 0 Å². The fourth-order valence-electron chi connectivity index (χ4n) is 2.77. The highest BCUT2D eigenvalue weighted by molar-refractivity contribution is 9.10. The van der Waals surface area contributed by atoms with Crippen LogP contribution in [0.5, 0.6) is 0 Å². The van der Waals surface area contributed by atoms with Crippen molar-refractivity contribution in [2.24, 2.45) is 0 Å².